The Bertz CT molecular complexity index is 1470. The number of hydrogen-bond donors (Lipinski definition) is 2. The highest BCUT2D eigenvalue weighted by atomic mass is 31.2. The molecule has 0 unspecified atom stereocenters. The van der Waals surface area contributed by atoms with Gasteiger partial charge in [-0.2, -0.15) is 0 Å². The van der Waals surface area contributed by atoms with Gasteiger partial charge in [-0.25, -0.2) is 9.78 Å². The van der Waals surface area contributed by atoms with Crippen molar-refractivity contribution in [3.63, 3.8) is 0 Å². The first-order valence-corrected chi connectivity index (χ1v) is 16.0. The van der Waals surface area contributed by atoms with Gasteiger partial charge < -0.3 is 29.3 Å². The predicted molar refractivity (Wildman–Crippen MR) is 163 cm³/mol. The lowest BCUT2D eigenvalue weighted by Gasteiger charge is -2.35. The van der Waals surface area contributed by atoms with Crippen molar-refractivity contribution in [2.75, 3.05) is 45.6 Å². The summed E-state index contributed by atoms with van der Waals surface area (Å²) in [5, 5.41) is 12.0. The minimum atomic E-state index is -3.76. The zero-order chi connectivity index (χ0) is 31.0. The van der Waals surface area contributed by atoms with Crippen LogP contribution in [0.3, 0.4) is 0 Å². The summed E-state index contributed by atoms with van der Waals surface area (Å²) in [6.45, 7) is 5.99. The number of pyridine rings is 1. The van der Waals surface area contributed by atoms with Crippen LogP contribution >= 0.6 is 7.60 Å². The lowest BCUT2D eigenvalue weighted by molar-refractivity contribution is -0.134. The first-order valence-electron chi connectivity index (χ1n) is 14.2. The second-order valence-electron chi connectivity index (χ2n) is 10.1. The van der Waals surface area contributed by atoms with E-state index in [9.17, 15) is 24.1 Å². The van der Waals surface area contributed by atoms with Crippen LogP contribution in [0.25, 0.3) is 22.4 Å². The average molecular weight is 609 g/mol. The zero-order valence-corrected chi connectivity index (χ0v) is 25.5. The second-order valence-corrected chi connectivity index (χ2v) is 12.2. The Balaban J connectivity index is 1.68. The van der Waals surface area contributed by atoms with E-state index in [1.165, 1.54) is 9.80 Å². The summed E-state index contributed by atoms with van der Waals surface area (Å²) in [4.78, 5) is 46.2. The molecular formula is C31H37N4O7P. The molecule has 2 heterocycles. The van der Waals surface area contributed by atoms with E-state index in [2.05, 4.69) is 10.3 Å². The van der Waals surface area contributed by atoms with Gasteiger partial charge in [-0.05, 0) is 44.0 Å². The third-order valence-electron chi connectivity index (χ3n) is 7.04. The molecule has 0 bridgehead atoms. The third kappa shape index (κ3) is 8.28. The fraction of sp³-hybridized carbons (Fsp3) is 0.355. The quantitative estimate of drug-likeness (QED) is 0.293. The molecule has 1 saturated heterocycles. The summed E-state index contributed by atoms with van der Waals surface area (Å²) in [5.74, 6) is -1.13. The van der Waals surface area contributed by atoms with Crippen LogP contribution < -0.4 is 5.32 Å². The molecule has 1 aromatic heterocycles. The average Bonchev–Trinajstić information content (AvgIpc) is 3.01. The molecule has 11 nitrogen and oxygen atoms in total. The number of benzene rings is 2. The van der Waals surface area contributed by atoms with E-state index in [1.807, 2.05) is 67.6 Å². The van der Waals surface area contributed by atoms with Crippen molar-refractivity contribution in [2.24, 2.45) is 0 Å². The van der Waals surface area contributed by atoms with Crippen LogP contribution in [-0.4, -0.2) is 89.4 Å². The van der Waals surface area contributed by atoms with Gasteiger partial charge in [0.25, 0.3) is 5.91 Å². The highest BCUT2D eigenvalue weighted by Gasteiger charge is 2.37. The van der Waals surface area contributed by atoms with Crippen molar-refractivity contribution in [1.82, 2.24) is 20.1 Å². The van der Waals surface area contributed by atoms with Crippen molar-refractivity contribution in [3.05, 3.63) is 78.0 Å². The highest BCUT2D eigenvalue weighted by molar-refractivity contribution is 7.54. The fourth-order valence-corrected chi connectivity index (χ4v) is 6.60. The molecule has 3 amide bonds. The lowest BCUT2D eigenvalue weighted by Crippen LogP contribution is -2.56. The maximum Gasteiger partial charge on any atom is 0.407 e. The summed E-state index contributed by atoms with van der Waals surface area (Å²) in [6.07, 6.45) is -1.45. The SMILES string of the molecule is CCOP(=O)(C[C@H](NC(=O)c1cc(-c2ccccc2)cc(-c2ccc(C)cc2)n1)C(=O)N1CCN(C(=O)O)CC1)OCC. The molecule has 12 heteroatoms. The first-order chi connectivity index (χ1) is 20.6. The van der Waals surface area contributed by atoms with Gasteiger partial charge in [-0.3, -0.25) is 14.2 Å². The molecule has 1 fully saturated rings. The molecule has 1 atom stereocenters. The van der Waals surface area contributed by atoms with Gasteiger partial charge in [-0.1, -0.05) is 60.2 Å². The van der Waals surface area contributed by atoms with Crippen LogP contribution in [0.4, 0.5) is 4.79 Å². The van der Waals surface area contributed by atoms with Crippen LogP contribution in [0.1, 0.15) is 29.9 Å². The summed E-state index contributed by atoms with van der Waals surface area (Å²) in [5.41, 5.74) is 4.20. The Hall–Kier alpha value is -4.05. The Kier molecular flexibility index (Phi) is 10.7. The van der Waals surface area contributed by atoms with E-state index in [1.54, 1.807) is 19.9 Å². The number of carbonyl (C=O) groups excluding carboxylic acids is 2. The van der Waals surface area contributed by atoms with E-state index in [0.717, 1.165) is 22.3 Å². The molecule has 0 aliphatic carbocycles. The zero-order valence-electron chi connectivity index (χ0n) is 24.6. The van der Waals surface area contributed by atoms with E-state index >= 15 is 0 Å². The molecule has 0 radical (unpaired) electrons. The van der Waals surface area contributed by atoms with Gasteiger partial charge in [0.2, 0.25) is 5.91 Å². The molecule has 0 saturated carbocycles. The number of rotatable bonds is 11. The molecule has 228 valence electrons. The van der Waals surface area contributed by atoms with E-state index in [4.69, 9.17) is 9.05 Å². The van der Waals surface area contributed by atoms with Crippen molar-refractivity contribution in [2.45, 2.75) is 26.8 Å². The van der Waals surface area contributed by atoms with Gasteiger partial charge >= 0.3 is 13.7 Å². The first kappa shape index (κ1) is 31.9. The number of amides is 3. The van der Waals surface area contributed by atoms with Crippen LogP contribution in [0, 0.1) is 6.92 Å². The summed E-state index contributed by atoms with van der Waals surface area (Å²) >= 11 is 0. The molecular weight excluding hydrogens is 571 g/mol. The molecule has 1 aliphatic rings. The topological polar surface area (TPSA) is 138 Å². The number of carboxylic acid groups (broad SMARTS) is 1. The van der Waals surface area contributed by atoms with Crippen LogP contribution in [0.15, 0.2) is 66.7 Å². The van der Waals surface area contributed by atoms with Crippen LogP contribution in [-0.2, 0) is 18.4 Å². The van der Waals surface area contributed by atoms with Crippen molar-refractivity contribution in [3.8, 4) is 22.4 Å². The summed E-state index contributed by atoms with van der Waals surface area (Å²) in [7, 11) is -3.76. The number of aromatic nitrogens is 1. The van der Waals surface area contributed by atoms with E-state index in [-0.39, 0.29) is 51.2 Å². The lowest BCUT2D eigenvalue weighted by atomic mass is 10.0. The number of nitrogens with zero attached hydrogens (tertiary/aromatic N) is 3. The maximum atomic E-state index is 13.8. The molecule has 2 aromatic carbocycles. The number of nitrogens with one attached hydrogen (secondary N) is 1. The van der Waals surface area contributed by atoms with Crippen molar-refractivity contribution in [1.29, 1.82) is 0 Å². The normalized spacial score (nSPS) is 14.3. The van der Waals surface area contributed by atoms with Crippen LogP contribution in [0.2, 0.25) is 0 Å². The molecule has 2 N–H and O–H groups in total. The highest BCUT2D eigenvalue weighted by Crippen LogP contribution is 2.48. The molecule has 4 rings (SSSR count). The van der Waals surface area contributed by atoms with Gasteiger partial charge in [0.05, 0.1) is 25.1 Å². The number of carbonyl (C=O) groups is 3. The minimum absolute atomic E-state index is 0.0769. The summed E-state index contributed by atoms with van der Waals surface area (Å²) in [6, 6.07) is 19.6. The third-order valence-corrected chi connectivity index (χ3v) is 9.15. The summed E-state index contributed by atoms with van der Waals surface area (Å²) < 4.78 is 24.4. The second kappa shape index (κ2) is 14.4. The monoisotopic (exact) mass is 608 g/mol. The van der Waals surface area contributed by atoms with Gasteiger partial charge in [0, 0.05) is 31.7 Å². The maximum absolute atomic E-state index is 13.8. The number of piperazine rings is 1. The van der Waals surface area contributed by atoms with Gasteiger partial charge in [-0.15, -0.1) is 0 Å². The van der Waals surface area contributed by atoms with Crippen molar-refractivity contribution >= 4 is 25.5 Å². The minimum Gasteiger partial charge on any atom is -0.465 e. The standard InChI is InChI=1S/C31H37N4O7P/c1-4-41-43(40,42-5-2)21-28(30(37)34-15-17-35(18-16-34)31(38)39)33-29(36)27-20-25(23-9-7-6-8-10-23)19-26(32-27)24-13-11-22(3)12-14-24/h6-14,19-20,28H,4-5,15-18,21H2,1-3H3,(H,33,36)(H,38,39)/t28-/m0/s1. The molecule has 1 aliphatic heterocycles. The number of aryl methyl sites for hydroxylation is 1. The Morgan fingerprint density at radius 3 is 2.07 bits per heavy atom. The Labute approximate surface area is 251 Å². The number of hydrogen-bond acceptors (Lipinski definition) is 7. The van der Waals surface area contributed by atoms with E-state index < -0.39 is 31.5 Å². The molecule has 0 spiro atoms. The molecule has 3 aromatic rings. The van der Waals surface area contributed by atoms with Crippen LogP contribution in [0.5, 0.6) is 0 Å². The smallest absolute Gasteiger partial charge is 0.407 e. The Morgan fingerprint density at radius 2 is 1.49 bits per heavy atom. The largest absolute Gasteiger partial charge is 0.465 e. The van der Waals surface area contributed by atoms with Gasteiger partial charge in [0.15, 0.2) is 0 Å². The predicted octanol–water partition coefficient (Wildman–Crippen LogP) is 4.91. The fourth-order valence-electron chi connectivity index (χ4n) is 4.83. The molecule has 43 heavy (non-hydrogen) atoms. The Morgan fingerprint density at radius 1 is 0.884 bits per heavy atom. The van der Waals surface area contributed by atoms with E-state index in [0.29, 0.717) is 5.69 Å². The van der Waals surface area contributed by atoms with Crippen molar-refractivity contribution < 1.29 is 33.1 Å². The van der Waals surface area contributed by atoms with Gasteiger partial charge in [0.1, 0.15) is 11.7 Å².